The molecular formula is C27H37F2N3O3. The van der Waals surface area contributed by atoms with Gasteiger partial charge in [-0.1, -0.05) is 25.3 Å². The zero-order valence-electron chi connectivity index (χ0n) is 20.5. The van der Waals surface area contributed by atoms with Gasteiger partial charge in [0.1, 0.15) is 12.4 Å². The molecule has 0 radical (unpaired) electrons. The Kier molecular flexibility index (Phi) is 7.39. The van der Waals surface area contributed by atoms with Crippen LogP contribution in [0.3, 0.4) is 0 Å². The molecular weight excluding hydrogens is 452 g/mol. The van der Waals surface area contributed by atoms with Crippen molar-refractivity contribution < 1.29 is 23.1 Å². The summed E-state index contributed by atoms with van der Waals surface area (Å²) < 4.78 is 33.4. The van der Waals surface area contributed by atoms with Crippen LogP contribution in [0.5, 0.6) is 5.75 Å². The van der Waals surface area contributed by atoms with E-state index in [1.54, 1.807) is 21.9 Å². The van der Waals surface area contributed by atoms with Gasteiger partial charge in [-0.15, -0.1) is 0 Å². The van der Waals surface area contributed by atoms with E-state index in [2.05, 4.69) is 4.90 Å². The number of amides is 1. The Morgan fingerprint density at radius 2 is 1.83 bits per heavy atom. The van der Waals surface area contributed by atoms with Crippen molar-refractivity contribution in [2.45, 2.75) is 57.4 Å². The van der Waals surface area contributed by atoms with Crippen molar-refractivity contribution >= 4 is 11.7 Å². The molecule has 8 heteroatoms. The van der Waals surface area contributed by atoms with Gasteiger partial charge in [0.25, 0.3) is 11.8 Å². The van der Waals surface area contributed by atoms with E-state index in [-0.39, 0.29) is 31.2 Å². The average Bonchev–Trinajstić information content (AvgIpc) is 2.97. The number of Topliss-reactive ketones (excluding diaryl/α,β-unsaturated/α-hetero) is 1. The van der Waals surface area contributed by atoms with Gasteiger partial charge in [0.05, 0.1) is 31.7 Å². The second kappa shape index (κ2) is 10.5. The molecule has 0 bridgehead atoms. The molecule has 3 fully saturated rings. The lowest BCUT2D eigenvalue weighted by Gasteiger charge is -2.41. The summed E-state index contributed by atoms with van der Waals surface area (Å²) in [5.74, 6) is -0.754. The number of carbonyl (C=O) groups excluding carboxylic acids is 2. The molecule has 2 unspecified atom stereocenters. The molecule has 2 atom stereocenters. The van der Waals surface area contributed by atoms with Gasteiger partial charge in [-0.05, 0) is 61.9 Å². The summed E-state index contributed by atoms with van der Waals surface area (Å²) in [7, 11) is 0. The maximum Gasteiger partial charge on any atom is 0.260 e. The Balaban J connectivity index is 1.17. The summed E-state index contributed by atoms with van der Waals surface area (Å²) in [4.78, 5) is 31.7. The second-order valence-corrected chi connectivity index (χ2v) is 10.9. The van der Waals surface area contributed by atoms with Crippen LogP contribution in [0.2, 0.25) is 0 Å². The highest BCUT2D eigenvalue weighted by Gasteiger charge is 2.35. The van der Waals surface area contributed by atoms with Gasteiger partial charge < -0.3 is 9.64 Å². The molecule has 3 heterocycles. The molecule has 2 saturated heterocycles. The summed E-state index contributed by atoms with van der Waals surface area (Å²) in [5.41, 5.74) is 1.29. The Bertz CT molecular complexity index is 940. The van der Waals surface area contributed by atoms with Crippen LogP contribution in [0, 0.1) is 11.8 Å². The van der Waals surface area contributed by atoms with E-state index in [1.165, 1.54) is 32.1 Å². The first-order chi connectivity index (χ1) is 16.9. The van der Waals surface area contributed by atoms with Gasteiger partial charge >= 0.3 is 0 Å². The van der Waals surface area contributed by atoms with Crippen LogP contribution in [0.4, 0.5) is 8.78 Å². The van der Waals surface area contributed by atoms with E-state index >= 15 is 0 Å². The number of piperidine rings is 2. The minimum Gasteiger partial charge on any atom is -0.491 e. The fraction of sp³-hybridized carbons (Fsp3) is 0.704. The normalized spacial score (nSPS) is 27.5. The number of fused-ring (bicyclic) bond motifs is 2. The van der Waals surface area contributed by atoms with Gasteiger partial charge in [0.2, 0.25) is 0 Å². The number of ether oxygens (including phenoxy) is 1. The molecule has 1 amide bonds. The quantitative estimate of drug-likeness (QED) is 0.608. The number of likely N-dealkylation sites (tertiary alicyclic amines) is 2. The first-order valence-corrected chi connectivity index (χ1v) is 13.3. The van der Waals surface area contributed by atoms with Gasteiger partial charge in [0, 0.05) is 19.5 Å². The van der Waals surface area contributed by atoms with Crippen LogP contribution in [0.15, 0.2) is 18.2 Å². The van der Waals surface area contributed by atoms with Crippen molar-refractivity contribution in [1.82, 2.24) is 14.7 Å². The third-order valence-corrected chi connectivity index (χ3v) is 8.20. The SMILES string of the molecule is O=C(CN1CCC2CCCCC2C1)CN1CCOc2cc(CN3CCCC(F)(F)C3)ccc2C1=O. The van der Waals surface area contributed by atoms with Crippen molar-refractivity contribution in [3.63, 3.8) is 0 Å². The van der Waals surface area contributed by atoms with Crippen LogP contribution in [-0.4, -0.2) is 84.7 Å². The molecule has 0 aromatic heterocycles. The van der Waals surface area contributed by atoms with Crippen molar-refractivity contribution in [2.24, 2.45) is 11.8 Å². The summed E-state index contributed by atoms with van der Waals surface area (Å²) in [5, 5.41) is 0. The first kappa shape index (κ1) is 24.6. The highest BCUT2D eigenvalue weighted by molar-refractivity contribution is 5.99. The fourth-order valence-electron chi connectivity index (χ4n) is 6.42. The van der Waals surface area contributed by atoms with E-state index in [0.717, 1.165) is 30.5 Å². The number of rotatable bonds is 6. The Labute approximate surface area is 206 Å². The number of halogens is 2. The predicted octanol–water partition coefficient (Wildman–Crippen LogP) is 3.83. The molecule has 0 spiro atoms. The monoisotopic (exact) mass is 489 g/mol. The fourth-order valence-corrected chi connectivity index (χ4v) is 6.42. The topological polar surface area (TPSA) is 53.1 Å². The minimum atomic E-state index is -2.64. The van der Waals surface area contributed by atoms with Crippen molar-refractivity contribution in [3.8, 4) is 5.75 Å². The van der Waals surface area contributed by atoms with Crippen molar-refractivity contribution in [3.05, 3.63) is 29.3 Å². The highest BCUT2D eigenvalue weighted by Crippen LogP contribution is 2.36. The number of hydrogen-bond donors (Lipinski definition) is 0. The molecule has 1 saturated carbocycles. The maximum absolute atomic E-state index is 13.8. The second-order valence-electron chi connectivity index (χ2n) is 10.9. The van der Waals surface area contributed by atoms with Gasteiger partial charge in [-0.25, -0.2) is 8.78 Å². The van der Waals surface area contributed by atoms with Gasteiger partial charge in [-0.2, -0.15) is 0 Å². The molecule has 1 aromatic carbocycles. The lowest BCUT2D eigenvalue weighted by molar-refractivity contribution is -0.121. The molecule has 192 valence electrons. The zero-order chi connectivity index (χ0) is 24.4. The maximum atomic E-state index is 13.8. The smallest absolute Gasteiger partial charge is 0.260 e. The van der Waals surface area contributed by atoms with E-state index in [1.807, 2.05) is 6.07 Å². The van der Waals surface area contributed by atoms with E-state index in [9.17, 15) is 18.4 Å². The first-order valence-electron chi connectivity index (χ1n) is 13.3. The van der Waals surface area contributed by atoms with Crippen LogP contribution in [0.25, 0.3) is 0 Å². The van der Waals surface area contributed by atoms with Crippen LogP contribution in [-0.2, 0) is 11.3 Å². The largest absolute Gasteiger partial charge is 0.491 e. The number of carbonyl (C=O) groups is 2. The molecule has 3 aliphatic heterocycles. The predicted molar refractivity (Wildman–Crippen MR) is 129 cm³/mol. The highest BCUT2D eigenvalue weighted by atomic mass is 19.3. The zero-order valence-corrected chi connectivity index (χ0v) is 20.5. The van der Waals surface area contributed by atoms with Gasteiger partial charge in [0.15, 0.2) is 5.78 Å². The van der Waals surface area contributed by atoms with E-state index in [4.69, 9.17) is 4.74 Å². The Morgan fingerprint density at radius 3 is 2.66 bits per heavy atom. The molecule has 6 nitrogen and oxygen atoms in total. The van der Waals surface area contributed by atoms with Gasteiger partial charge in [-0.3, -0.25) is 19.4 Å². The number of hydrogen-bond acceptors (Lipinski definition) is 5. The summed E-state index contributed by atoms with van der Waals surface area (Å²) in [6.07, 6.45) is 6.86. The molecule has 4 aliphatic rings. The summed E-state index contributed by atoms with van der Waals surface area (Å²) in [6, 6.07) is 5.32. The molecule has 1 aliphatic carbocycles. The molecule has 35 heavy (non-hydrogen) atoms. The number of benzene rings is 1. The van der Waals surface area contributed by atoms with Crippen LogP contribution in [0.1, 0.15) is 60.9 Å². The average molecular weight is 490 g/mol. The lowest BCUT2D eigenvalue weighted by atomic mass is 9.75. The Morgan fingerprint density at radius 1 is 1.00 bits per heavy atom. The Hall–Kier alpha value is -2.06. The summed E-state index contributed by atoms with van der Waals surface area (Å²) >= 11 is 0. The number of ketones is 1. The van der Waals surface area contributed by atoms with E-state index in [0.29, 0.717) is 50.5 Å². The third-order valence-electron chi connectivity index (χ3n) is 8.20. The van der Waals surface area contributed by atoms with Crippen LogP contribution < -0.4 is 4.74 Å². The molecule has 0 N–H and O–H groups in total. The van der Waals surface area contributed by atoms with Crippen LogP contribution >= 0.6 is 0 Å². The van der Waals surface area contributed by atoms with Crippen molar-refractivity contribution in [1.29, 1.82) is 0 Å². The number of nitrogens with zero attached hydrogens (tertiary/aromatic N) is 3. The number of alkyl halides is 2. The minimum absolute atomic E-state index is 0.0568. The lowest BCUT2D eigenvalue weighted by Crippen LogP contribution is -2.46. The van der Waals surface area contributed by atoms with E-state index < -0.39 is 5.92 Å². The third kappa shape index (κ3) is 6.02. The molecule has 1 aromatic rings. The van der Waals surface area contributed by atoms with Crippen molar-refractivity contribution in [2.75, 3.05) is 52.4 Å². The standard InChI is InChI=1S/C27H37F2N3O3/c28-27(29)9-3-10-31(19-27)15-20-6-7-24-25(14-20)35-13-12-32(26(24)34)18-23(33)17-30-11-8-21-4-1-2-5-22(21)16-30/h6-7,14,21-22H,1-5,8-13,15-19H2. The molecule has 5 rings (SSSR count). The summed E-state index contributed by atoms with van der Waals surface area (Å²) in [6.45, 7) is 3.94.